The molecule has 0 aromatic heterocycles. The molecule has 1 aliphatic rings. The molecule has 3 atom stereocenters. The SMILES string of the molecule is CCCC1NC(CC(C)C)N(CC(C)OCC)C1=O. The summed E-state index contributed by atoms with van der Waals surface area (Å²) >= 11 is 0. The quantitative estimate of drug-likeness (QED) is 0.736. The molecule has 1 heterocycles. The molecule has 1 rings (SSSR count). The molecule has 0 aliphatic carbocycles. The fraction of sp³-hybridized carbons (Fsp3) is 0.933. The fourth-order valence-electron chi connectivity index (χ4n) is 2.72. The predicted octanol–water partition coefficient (Wildman–Crippen LogP) is 2.38. The van der Waals surface area contributed by atoms with Crippen LogP contribution in [0, 0.1) is 5.92 Å². The van der Waals surface area contributed by atoms with E-state index in [2.05, 4.69) is 26.1 Å². The van der Waals surface area contributed by atoms with Crippen LogP contribution in [0.3, 0.4) is 0 Å². The van der Waals surface area contributed by atoms with Crippen molar-refractivity contribution in [3.05, 3.63) is 0 Å². The lowest BCUT2D eigenvalue weighted by Gasteiger charge is -2.28. The minimum atomic E-state index is 0.00239. The predicted molar refractivity (Wildman–Crippen MR) is 77.9 cm³/mol. The Bertz CT molecular complexity index is 281. The first kappa shape index (κ1) is 16.4. The standard InChI is InChI=1S/C15H30N2O2/c1-6-8-13-15(18)17(10-12(5)19-7-2)14(16-13)9-11(3)4/h11-14,16H,6-10H2,1-5H3. The molecule has 0 aromatic carbocycles. The van der Waals surface area contributed by atoms with Crippen LogP contribution in [0.25, 0.3) is 0 Å². The van der Waals surface area contributed by atoms with Crippen molar-refractivity contribution in [2.24, 2.45) is 5.92 Å². The largest absolute Gasteiger partial charge is 0.377 e. The summed E-state index contributed by atoms with van der Waals surface area (Å²) in [5, 5.41) is 3.49. The number of nitrogens with zero attached hydrogens (tertiary/aromatic N) is 1. The zero-order valence-electron chi connectivity index (χ0n) is 13.1. The Labute approximate surface area is 117 Å². The number of hydrogen-bond acceptors (Lipinski definition) is 3. The average molecular weight is 270 g/mol. The van der Waals surface area contributed by atoms with Crippen LogP contribution in [0.1, 0.15) is 53.9 Å². The van der Waals surface area contributed by atoms with Gasteiger partial charge >= 0.3 is 0 Å². The number of carbonyl (C=O) groups is 1. The van der Waals surface area contributed by atoms with Crippen LogP contribution in [0.4, 0.5) is 0 Å². The number of hydrogen-bond donors (Lipinski definition) is 1. The molecule has 1 saturated heterocycles. The number of rotatable bonds is 8. The maximum absolute atomic E-state index is 12.4. The minimum Gasteiger partial charge on any atom is -0.377 e. The molecule has 0 radical (unpaired) electrons. The van der Waals surface area contributed by atoms with E-state index in [0.29, 0.717) is 19.1 Å². The highest BCUT2D eigenvalue weighted by atomic mass is 16.5. The molecule has 4 nitrogen and oxygen atoms in total. The summed E-state index contributed by atoms with van der Waals surface area (Å²) in [5.74, 6) is 0.828. The van der Waals surface area contributed by atoms with Gasteiger partial charge in [0.25, 0.3) is 0 Å². The summed E-state index contributed by atoms with van der Waals surface area (Å²) in [7, 11) is 0. The van der Waals surface area contributed by atoms with E-state index in [1.54, 1.807) is 0 Å². The molecule has 4 heteroatoms. The molecule has 1 N–H and O–H groups in total. The highest BCUT2D eigenvalue weighted by molar-refractivity contribution is 5.84. The maximum Gasteiger partial charge on any atom is 0.241 e. The third-order valence-corrected chi connectivity index (χ3v) is 3.53. The molecule has 19 heavy (non-hydrogen) atoms. The van der Waals surface area contributed by atoms with Gasteiger partial charge in [-0.25, -0.2) is 0 Å². The van der Waals surface area contributed by atoms with Crippen molar-refractivity contribution in [1.29, 1.82) is 0 Å². The minimum absolute atomic E-state index is 0.00239. The Morgan fingerprint density at radius 3 is 2.53 bits per heavy atom. The monoisotopic (exact) mass is 270 g/mol. The van der Waals surface area contributed by atoms with Crippen molar-refractivity contribution in [3.8, 4) is 0 Å². The highest BCUT2D eigenvalue weighted by Crippen LogP contribution is 2.20. The van der Waals surface area contributed by atoms with Gasteiger partial charge in [-0.2, -0.15) is 0 Å². The second-order valence-corrected chi connectivity index (χ2v) is 5.91. The average Bonchev–Trinajstić information content (AvgIpc) is 2.58. The van der Waals surface area contributed by atoms with Crippen LogP contribution >= 0.6 is 0 Å². The van der Waals surface area contributed by atoms with Gasteiger partial charge in [0.15, 0.2) is 0 Å². The molecule has 0 spiro atoms. The first-order valence-corrected chi connectivity index (χ1v) is 7.67. The Morgan fingerprint density at radius 2 is 2.00 bits per heavy atom. The van der Waals surface area contributed by atoms with Crippen molar-refractivity contribution in [2.75, 3.05) is 13.2 Å². The summed E-state index contributed by atoms with van der Waals surface area (Å²) < 4.78 is 5.58. The van der Waals surface area contributed by atoms with Crippen molar-refractivity contribution in [2.45, 2.75) is 72.2 Å². The van der Waals surface area contributed by atoms with Crippen molar-refractivity contribution >= 4 is 5.91 Å². The van der Waals surface area contributed by atoms with Crippen molar-refractivity contribution in [1.82, 2.24) is 10.2 Å². The molecule has 1 fully saturated rings. The van der Waals surface area contributed by atoms with Crippen LogP contribution in [0.5, 0.6) is 0 Å². The topological polar surface area (TPSA) is 41.6 Å². The lowest BCUT2D eigenvalue weighted by atomic mass is 10.1. The number of amides is 1. The number of carbonyl (C=O) groups excluding carboxylic acids is 1. The molecule has 0 saturated carbocycles. The highest BCUT2D eigenvalue weighted by Gasteiger charge is 2.38. The Balaban J connectivity index is 2.67. The zero-order chi connectivity index (χ0) is 14.4. The van der Waals surface area contributed by atoms with Gasteiger partial charge in [0, 0.05) is 13.2 Å². The van der Waals surface area contributed by atoms with Crippen molar-refractivity contribution < 1.29 is 9.53 Å². The molecule has 0 aromatic rings. The van der Waals surface area contributed by atoms with Gasteiger partial charge in [0.05, 0.1) is 18.3 Å². The summed E-state index contributed by atoms with van der Waals surface area (Å²) in [6.45, 7) is 11.9. The Hall–Kier alpha value is -0.610. The molecular formula is C15H30N2O2. The van der Waals surface area contributed by atoms with Gasteiger partial charge < -0.3 is 9.64 Å². The van der Waals surface area contributed by atoms with Crippen LogP contribution in [-0.2, 0) is 9.53 Å². The van der Waals surface area contributed by atoms with Gasteiger partial charge in [-0.05, 0) is 32.6 Å². The molecule has 0 bridgehead atoms. The van der Waals surface area contributed by atoms with Gasteiger partial charge in [0.1, 0.15) is 0 Å². The van der Waals surface area contributed by atoms with E-state index in [0.717, 1.165) is 19.3 Å². The summed E-state index contributed by atoms with van der Waals surface area (Å²) in [4.78, 5) is 14.4. The third-order valence-electron chi connectivity index (χ3n) is 3.53. The second kappa shape index (κ2) is 7.85. The summed E-state index contributed by atoms with van der Waals surface area (Å²) in [6, 6.07) is 0.00239. The van der Waals surface area contributed by atoms with Gasteiger partial charge in [-0.3, -0.25) is 10.1 Å². The van der Waals surface area contributed by atoms with E-state index in [9.17, 15) is 4.79 Å². The van der Waals surface area contributed by atoms with Crippen LogP contribution in [-0.4, -0.2) is 42.3 Å². The zero-order valence-corrected chi connectivity index (χ0v) is 13.1. The first-order valence-electron chi connectivity index (χ1n) is 7.67. The molecule has 112 valence electrons. The van der Waals surface area contributed by atoms with E-state index in [1.807, 2.05) is 18.7 Å². The van der Waals surface area contributed by atoms with Gasteiger partial charge in [-0.1, -0.05) is 27.2 Å². The van der Waals surface area contributed by atoms with E-state index >= 15 is 0 Å². The van der Waals surface area contributed by atoms with Crippen LogP contribution in [0.2, 0.25) is 0 Å². The van der Waals surface area contributed by atoms with Gasteiger partial charge in [0.2, 0.25) is 5.91 Å². The lowest BCUT2D eigenvalue weighted by molar-refractivity contribution is -0.132. The lowest BCUT2D eigenvalue weighted by Crippen LogP contribution is -2.42. The molecular weight excluding hydrogens is 240 g/mol. The van der Waals surface area contributed by atoms with E-state index in [4.69, 9.17) is 4.74 Å². The normalized spacial score (nSPS) is 25.4. The van der Waals surface area contributed by atoms with Gasteiger partial charge in [-0.15, -0.1) is 0 Å². The summed E-state index contributed by atoms with van der Waals surface area (Å²) in [6.07, 6.45) is 3.24. The van der Waals surface area contributed by atoms with E-state index in [-0.39, 0.29) is 24.2 Å². The van der Waals surface area contributed by atoms with Crippen LogP contribution in [0.15, 0.2) is 0 Å². The first-order chi connectivity index (χ1) is 8.99. The fourth-order valence-corrected chi connectivity index (χ4v) is 2.72. The number of nitrogens with one attached hydrogen (secondary N) is 1. The molecule has 1 amide bonds. The summed E-state index contributed by atoms with van der Waals surface area (Å²) in [5.41, 5.74) is 0. The maximum atomic E-state index is 12.4. The van der Waals surface area contributed by atoms with E-state index in [1.165, 1.54) is 0 Å². The number of ether oxygens (including phenoxy) is 1. The second-order valence-electron chi connectivity index (χ2n) is 5.91. The Morgan fingerprint density at radius 1 is 1.32 bits per heavy atom. The van der Waals surface area contributed by atoms with E-state index < -0.39 is 0 Å². The van der Waals surface area contributed by atoms with Crippen LogP contribution < -0.4 is 5.32 Å². The molecule has 3 unspecified atom stereocenters. The smallest absolute Gasteiger partial charge is 0.241 e. The Kier molecular flexibility index (Phi) is 6.80. The third kappa shape index (κ3) is 4.77. The van der Waals surface area contributed by atoms with Crippen molar-refractivity contribution in [3.63, 3.8) is 0 Å². The molecule has 1 aliphatic heterocycles.